The number of hydrogen-bond acceptors (Lipinski definition) is 1. The number of nitrogens with two attached hydrogens (primary N) is 1. The third-order valence-electron chi connectivity index (χ3n) is 2.66. The van der Waals surface area contributed by atoms with Gasteiger partial charge in [-0.2, -0.15) is 0 Å². The van der Waals surface area contributed by atoms with Gasteiger partial charge in [0.05, 0.1) is 10.7 Å². The minimum Gasteiger partial charge on any atom is -0.398 e. The Morgan fingerprint density at radius 2 is 1.88 bits per heavy atom. The van der Waals surface area contributed by atoms with Crippen LogP contribution in [0.5, 0.6) is 0 Å². The maximum absolute atomic E-state index is 6.23. The molecule has 1 nitrogen and oxygen atoms in total. The monoisotopic (exact) mass is 309 g/mol. The molecule has 0 unspecified atom stereocenters. The van der Waals surface area contributed by atoms with Crippen molar-refractivity contribution in [1.82, 2.24) is 0 Å². The average Bonchev–Trinajstić information content (AvgIpc) is 2.28. The molecule has 0 aliphatic heterocycles. The van der Waals surface area contributed by atoms with E-state index in [0.29, 0.717) is 10.7 Å². The highest BCUT2D eigenvalue weighted by molar-refractivity contribution is 9.10. The Hall–Kier alpha value is -0.990. The SMILES string of the molecule is Cc1cc(N)c(Cl)c(Cc2ccccc2Br)c1. The lowest BCUT2D eigenvalue weighted by atomic mass is 10.0. The number of nitrogen functional groups attached to an aromatic ring is 1. The van der Waals surface area contributed by atoms with Gasteiger partial charge in [-0.1, -0.05) is 51.8 Å². The molecule has 0 fully saturated rings. The topological polar surface area (TPSA) is 26.0 Å². The van der Waals surface area contributed by atoms with Gasteiger partial charge in [0.25, 0.3) is 0 Å². The minimum atomic E-state index is 0.647. The Bertz CT molecular complexity index is 552. The molecule has 0 heterocycles. The van der Waals surface area contributed by atoms with Crippen LogP contribution in [0.3, 0.4) is 0 Å². The molecule has 2 N–H and O–H groups in total. The molecule has 0 spiro atoms. The zero-order valence-electron chi connectivity index (χ0n) is 9.50. The standard InChI is InChI=1S/C14H13BrClN/c1-9-6-11(14(16)13(17)7-9)8-10-4-2-3-5-12(10)15/h2-7H,8,17H2,1H3. The maximum Gasteiger partial charge on any atom is 0.0670 e. The van der Waals surface area contributed by atoms with Crippen LogP contribution in [0, 0.1) is 6.92 Å². The number of anilines is 1. The molecule has 0 bridgehead atoms. The summed E-state index contributed by atoms with van der Waals surface area (Å²) in [5.74, 6) is 0. The van der Waals surface area contributed by atoms with E-state index >= 15 is 0 Å². The van der Waals surface area contributed by atoms with Crippen LogP contribution in [0.4, 0.5) is 5.69 Å². The molecule has 0 aliphatic carbocycles. The molecule has 0 saturated heterocycles. The van der Waals surface area contributed by atoms with Crippen LogP contribution in [-0.2, 0) is 6.42 Å². The average molecular weight is 311 g/mol. The number of halogens is 2. The molecule has 88 valence electrons. The third-order valence-corrected chi connectivity index (χ3v) is 3.89. The van der Waals surface area contributed by atoms with Crippen molar-refractivity contribution in [2.45, 2.75) is 13.3 Å². The van der Waals surface area contributed by atoms with Crippen molar-refractivity contribution in [3.8, 4) is 0 Å². The summed E-state index contributed by atoms with van der Waals surface area (Å²) in [6, 6.07) is 12.1. The summed E-state index contributed by atoms with van der Waals surface area (Å²) in [6.07, 6.45) is 0.784. The Balaban J connectivity index is 2.40. The number of benzene rings is 2. The number of aryl methyl sites for hydroxylation is 1. The quantitative estimate of drug-likeness (QED) is 0.807. The smallest absolute Gasteiger partial charge is 0.0670 e. The second kappa shape index (κ2) is 5.11. The fourth-order valence-corrected chi connectivity index (χ4v) is 2.45. The van der Waals surface area contributed by atoms with Crippen molar-refractivity contribution in [3.05, 3.63) is 62.6 Å². The lowest BCUT2D eigenvalue weighted by molar-refractivity contribution is 1.17. The first-order valence-electron chi connectivity index (χ1n) is 5.36. The predicted molar refractivity (Wildman–Crippen MR) is 77.5 cm³/mol. The molecular formula is C14H13BrClN. The summed E-state index contributed by atoms with van der Waals surface area (Å²) in [5, 5.41) is 0.659. The van der Waals surface area contributed by atoms with Crippen LogP contribution >= 0.6 is 27.5 Å². The fraction of sp³-hybridized carbons (Fsp3) is 0.143. The van der Waals surface area contributed by atoms with Gasteiger partial charge in [0.15, 0.2) is 0 Å². The number of hydrogen-bond donors (Lipinski definition) is 1. The first-order chi connectivity index (χ1) is 8.08. The maximum atomic E-state index is 6.23. The van der Waals surface area contributed by atoms with E-state index in [0.717, 1.165) is 22.0 Å². The largest absolute Gasteiger partial charge is 0.398 e. The Morgan fingerprint density at radius 3 is 2.59 bits per heavy atom. The molecule has 0 aliphatic rings. The molecule has 17 heavy (non-hydrogen) atoms. The van der Waals surface area contributed by atoms with Gasteiger partial charge >= 0.3 is 0 Å². The predicted octanol–water partition coefficient (Wildman–Crippen LogP) is 4.58. The highest BCUT2D eigenvalue weighted by Crippen LogP contribution is 2.29. The van der Waals surface area contributed by atoms with Crippen molar-refractivity contribution < 1.29 is 0 Å². The first kappa shape index (κ1) is 12.5. The minimum absolute atomic E-state index is 0.647. The van der Waals surface area contributed by atoms with Gasteiger partial charge in [-0.15, -0.1) is 0 Å². The van der Waals surface area contributed by atoms with Gasteiger partial charge in [0, 0.05) is 10.9 Å². The Morgan fingerprint density at radius 1 is 1.18 bits per heavy atom. The molecule has 0 saturated carbocycles. The lowest BCUT2D eigenvalue weighted by Gasteiger charge is -2.10. The van der Waals surface area contributed by atoms with Crippen LogP contribution in [-0.4, -0.2) is 0 Å². The van der Waals surface area contributed by atoms with Gasteiger partial charge < -0.3 is 5.73 Å². The molecule has 0 radical (unpaired) electrons. The molecular weight excluding hydrogens is 298 g/mol. The molecule has 2 rings (SSSR count). The fourth-order valence-electron chi connectivity index (χ4n) is 1.85. The summed E-state index contributed by atoms with van der Waals surface area (Å²) in [7, 11) is 0. The van der Waals surface area contributed by atoms with Crippen LogP contribution in [0.25, 0.3) is 0 Å². The van der Waals surface area contributed by atoms with Crippen molar-refractivity contribution in [2.75, 3.05) is 5.73 Å². The summed E-state index contributed by atoms with van der Waals surface area (Å²) in [5.41, 5.74) is 9.92. The highest BCUT2D eigenvalue weighted by Gasteiger charge is 2.08. The third kappa shape index (κ3) is 2.82. The van der Waals surface area contributed by atoms with Crippen LogP contribution in [0.1, 0.15) is 16.7 Å². The Labute approximate surface area is 115 Å². The normalized spacial score (nSPS) is 10.5. The molecule has 2 aromatic carbocycles. The van der Waals surface area contributed by atoms with Crippen molar-refractivity contribution >= 4 is 33.2 Å². The van der Waals surface area contributed by atoms with E-state index in [1.54, 1.807) is 0 Å². The van der Waals surface area contributed by atoms with Crippen molar-refractivity contribution in [1.29, 1.82) is 0 Å². The summed E-state index contributed by atoms with van der Waals surface area (Å²) >= 11 is 9.77. The second-order valence-corrected chi connectivity index (χ2v) is 5.33. The zero-order valence-corrected chi connectivity index (χ0v) is 11.8. The van der Waals surface area contributed by atoms with Crippen LogP contribution < -0.4 is 5.73 Å². The molecule has 0 aromatic heterocycles. The van der Waals surface area contributed by atoms with Gasteiger partial charge in [0.2, 0.25) is 0 Å². The van der Waals surface area contributed by atoms with E-state index < -0.39 is 0 Å². The van der Waals surface area contributed by atoms with Crippen LogP contribution in [0.15, 0.2) is 40.9 Å². The number of rotatable bonds is 2. The molecule has 3 heteroatoms. The zero-order chi connectivity index (χ0) is 12.4. The van der Waals surface area contributed by atoms with Crippen molar-refractivity contribution in [2.24, 2.45) is 0 Å². The molecule has 0 amide bonds. The molecule has 2 aromatic rings. The summed E-state index contributed by atoms with van der Waals surface area (Å²) < 4.78 is 1.09. The van der Waals surface area contributed by atoms with Gasteiger partial charge in [-0.3, -0.25) is 0 Å². The van der Waals surface area contributed by atoms with E-state index in [4.69, 9.17) is 17.3 Å². The van der Waals surface area contributed by atoms with Gasteiger partial charge in [0.1, 0.15) is 0 Å². The van der Waals surface area contributed by atoms with Crippen LogP contribution in [0.2, 0.25) is 5.02 Å². The van der Waals surface area contributed by atoms with Gasteiger partial charge in [-0.25, -0.2) is 0 Å². The first-order valence-corrected chi connectivity index (χ1v) is 6.53. The van der Waals surface area contributed by atoms with E-state index in [9.17, 15) is 0 Å². The van der Waals surface area contributed by atoms with E-state index in [1.807, 2.05) is 31.2 Å². The second-order valence-electron chi connectivity index (χ2n) is 4.10. The Kier molecular flexibility index (Phi) is 3.75. The van der Waals surface area contributed by atoms with E-state index in [2.05, 4.69) is 28.1 Å². The van der Waals surface area contributed by atoms with E-state index in [-0.39, 0.29) is 0 Å². The molecule has 0 atom stereocenters. The summed E-state index contributed by atoms with van der Waals surface area (Å²) in [6.45, 7) is 2.02. The van der Waals surface area contributed by atoms with Gasteiger partial charge in [-0.05, 0) is 35.7 Å². The van der Waals surface area contributed by atoms with Crippen molar-refractivity contribution in [3.63, 3.8) is 0 Å². The van der Waals surface area contributed by atoms with E-state index in [1.165, 1.54) is 5.56 Å². The summed E-state index contributed by atoms with van der Waals surface area (Å²) in [4.78, 5) is 0. The highest BCUT2D eigenvalue weighted by atomic mass is 79.9. The lowest BCUT2D eigenvalue weighted by Crippen LogP contribution is -1.96.